The summed E-state index contributed by atoms with van der Waals surface area (Å²) in [5.74, 6) is -0.257. The average Bonchev–Trinajstić information content (AvgIpc) is 3.38. The van der Waals surface area contributed by atoms with E-state index >= 15 is 0 Å². The highest BCUT2D eigenvalue weighted by Gasteiger charge is 2.34. The molecule has 1 N–H and O–H groups in total. The Morgan fingerprint density at radius 1 is 1.31 bits per heavy atom. The number of hydrogen-bond donors (Lipinski definition) is 1. The number of nitrogens with one attached hydrogen (secondary N) is 1. The van der Waals surface area contributed by atoms with Gasteiger partial charge in [0.15, 0.2) is 5.69 Å². The molecule has 0 spiro atoms. The van der Waals surface area contributed by atoms with Crippen LogP contribution < -0.4 is 10.2 Å². The number of aromatic nitrogens is 4. The van der Waals surface area contributed by atoms with E-state index in [0.29, 0.717) is 36.2 Å². The Balaban J connectivity index is 1.53. The van der Waals surface area contributed by atoms with Crippen LogP contribution in [-0.2, 0) is 0 Å². The minimum absolute atomic E-state index is 0.128. The fraction of sp³-hybridized carbons (Fsp3) is 0.444. The van der Waals surface area contributed by atoms with Gasteiger partial charge in [0, 0.05) is 18.3 Å². The Labute approximate surface area is 168 Å². The molecule has 11 heteroatoms. The highest BCUT2D eigenvalue weighted by Crippen LogP contribution is 2.32. The first-order valence-electron chi connectivity index (χ1n) is 9.23. The number of amides is 1. The predicted octanol–water partition coefficient (Wildman–Crippen LogP) is 3.30. The van der Waals surface area contributed by atoms with Crippen LogP contribution in [0.25, 0.3) is 5.52 Å². The van der Waals surface area contributed by atoms with Crippen LogP contribution in [0.2, 0.25) is 0 Å². The lowest BCUT2D eigenvalue weighted by Gasteiger charge is -2.36. The molecule has 3 aromatic rings. The maximum atomic E-state index is 13.4. The Hall–Kier alpha value is -2.53. The number of carbonyl (C=O) groups excluding carboxylic acids is 1. The number of fused-ring (bicyclic) bond motifs is 1. The van der Waals surface area contributed by atoms with E-state index in [2.05, 4.69) is 20.4 Å². The summed E-state index contributed by atoms with van der Waals surface area (Å²) in [6.07, 6.45) is 2.81. The molecule has 0 saturated heterocycles. The van der Waals surface area contributed by atoms with Gasteiger partial charge >= 0.3 is 6.18 Å². The second-order valence-electron chi connectivity index (χ2n) is 6.96. The third-order valence-electron chi connectivity index (χ3n) is 5.06. The van der Waals surface area contributed by atoms with Crippen LogP contribution in [0.4, 0.5) is 18.2 Å². The quantitative estimate of drug-likeness (QED) is 0.680. The first-order valence-corrected chi connectivity index (χ1v) is 10.1. The van der Waals surface area contributed by atoms with E-state index in [4.69, 9.17) is 0 Å². The van der Waals surface area contributed by atoms with Crippen molar-refractivity contribution in [1.29, 1.82) is 0 Å². The molecule has 154 valence electrons. The lowest BCUT2D eigenvalue weighted by Crippen LogP contribution is -2.46. The molecule has 7 nitrogen and oxygen atoms in total. The van der Waals surface area contributed by atoms with Crippen molar-refractivity contribution in [3.05, 3.63) is 42.1 Å². The van der Waals surface area contributed by atoms with Gasteiger partial charge in [0.1, 0.15) is 11.3 Å². The van der Waals surface area contributed by atoms with Gasteiger partial charge in [0.25, 0.3) is 5.91 Å². The molecule has 1 saturated carbocycles. The largest absolute Gasteiger partial charge is 0.401 e. The number of thiazole rings is 1. The highest BCUT2D eigenvalue weighted by molar-refractivity contribution is 7.14. The van der Waals surface area contributed by atoms with E-state index in [9.17, 15) is 18.0 Å². The molecule has 0 aliphatic heterocycles. The third-order valence-corrected chi connectivity index (χ3v) is 5.84. The topological polar surface area (TPSA) is 75.4 Å². The molecule has 29 heavy (non-hydrogen) atoms. The van der Waals surface area contributed by atoms with Crippen molar-refractivity contribution in [2.75, 3.05) is 11.4 Å². The molecule has 3 heterocycles. The zero-order chi connectivity index (χ0) is 20.4. The van der Waals surface area contributed by atoms with Crippen molar-refractivity contribution in [2.45, 2.75) is 43.9 Å². The van der Waals surface area contributed by atoms with Crippen LogP contribution >= 0.6 is 11.3 Å². The van der Waals surface area contributed by atoms with Gasteiger partial charge in [-0.05, 0) is 37.8 Å². The van der Waals surface area contributed by atoms with Gasteiger partial charge in [-0.25, -0.2) is 9.50 Å². The number of hydrogen-bond acceptors (Lipinski definition) is 6. The second kappa shape index (κ2) is 8.07. The maximum Gasteiger partial charge on any atom is 0.401 e. The monoisotopic (exact) mass is 424 g/mol. The molecule has 0 bridgehead atoms. The fourth-order valence-corrected chi connectivity index (χ4v) is 4.41. The molecule has 0 atom stereocenters. The molecule has 1 amide bonds. The van der Waals surface area contributed by atoms with Crippen molar-refractivity contribution in [1.82, 2.24) is 24.9 Å². The Bertz CT molecular complexity index is 966. The summed E-state index contributed by atoms with van der Waals surface area (Å²) in [4.78, 5) is 23.4. The first kappa shape index (κ1) is 19.8. The van der Waals surface area contributed by atoms with Gasteiger partial charge in [0.05, 0.1) is 23.8 Å². The summed E-state index contributed by atoms with van der Waals surface area (Å²) in [7, 11) is 0. The van der Waals surface area contributed by atoms with Gasteiger partial charge in [0.2, 0.25) is 0 Å². The zero-order valence-corrected chi connectivity index (χ0v) is 16.2. The molecule has 0 aromatic carbocycles. The second-order valence-corrected chi connectivity index (χ2v) is 7.83. The van der Waals surface area contributed by atoms with E-state index in [1.165, 1.54) is 17.7 Å². The fourth-order valence-electron chi connectivity index (χ4n) is 3.72. The minimum Gasteiger partial charge on any atom is -0.306 e. The van der Waals surface area contributed by atoms with Gasteiger partial charge in [-0.15, -0.1) is 11.3 Å². The molecule has 1 fully saturated rings. The molecule has 0 unspecified atom stereocenters. The molecule has 1 aliphatic rings. The smallest absolute Gasteiger partial charge is 0.306 e. The summed E-state index contributed by atoms with van der Waals surface area (Å²) >= 11 is 1.35. The molecular formula is C18H19F3N6OS. The van der Waals surface area contributed by atoms with Crippen LogP contribution in [0, 0.1) is 0 Å². The van der Waals surface area contributed by atoms with Crippen molar-refractivity contribution < 1.29 is 18.0 Å². The van der Waals surface area contributed by atoms with Crippen LogP contribution in [0.5, 0.6) is 0 Å². The number of halogens is 3. The summed E-state index contributed by atoms with van der Waals surface area (Å²) in [6, 6.07) is 3.23. The van der Waals surface area contributed by atoms with Crippen molar-refractivity contribution in [2.24, 2.45) is 0 Å². The van der Waals surface area contributed by atoms with Gasteiger partial charge in [-0.1, -0.05) is 0 Å². The Morgan fingerprint density at radius 2 is 2.10 bits per heavy atom. The standard InChI is InChI=1S/C18H19F3N6OS/c19-18(20,21)9-23-12-3-5-13(6-4-12)27(15-8-22-11-29-15)17(28)16-14-2-1-7-26(14)25-10-24-16/h1-2,7-8,10-13,23H,3-6,9H2. The number of anilines is 1. The van der Waals surface area contributed by atoms with E-state index in [1.54, 1.807) is 39.5 Å². The normalized spacial score (nSPS) is 20.1. The predicted molar refractivity (Wildman–Crippen MR) is 102 cm³/mol. The van der Waals surface area contributed by atoms with Crippen LogP contribution in [0.1, 0.15) is 36.2 Å². The Morgan fingerprint density at radius 3 is 2.79 bits per heavy atom. The first-order chi connectivity index (χ1) is 13.9. The van der Waals surface area contributed by atoms with Crippen LogP contribution in [-0.4, -0.2) is 50.3 Å². The highest BCUT2D eigenvalue weighted by atomic mass is 32.1. The van der Waals surface area contributed by atoms with E-state index in [0.717, 1.165) is 0 Å². The maximum absolute atomic E-state index is 13.4. The Kier molecular flexibility index (Phi) is 5.50. The molecule has 3 aromatic heterocycles. The molecular weight excluding hydrogens is 405 g/mol. The third kappa shape index (κ3) is 4.40. The number of carbonyl (C=O) groups is 1. The summed E-state index contributed by atoms with van der Waals surface area (Å²) < 4.78 is 39.0. The summed E-state index contributed by atoms with van der Waals surface area (Å²) in [6.45, 7) is -0.993. The number of rotatable bonds is 5. The SMILES string of the molecule is O=C(c1ncnn2cccc12)N(c1cncs1)C1CCC(NCC(F)(F)F)CC1. The summed E-state index contributed by atoms with van der Waals surface area (Å²) in [5, 5.41) is 7.37. The average molecular weight is 424 g/mol. The zero-order valence-electron chi connectivity index (χ0n) is 15.3. The number of nitrogens with zero attached hydrogens (tertiary/aromatic N) is 5. The lowest BCUT2D eigenvalue weighted by atomic mass is 9.90. The molecule has 0 radical (unpaired) electrons. The van der Waals surface area contributed by atoms with E-state index < -0.39 is 12.7 Å². The van der Waals surface area contributed by atoms with Crippen LogP contribution in [0.3, 0.4) is 0 Å². The van der Waals surface area contributed by atoms with Crippen molar-refractivity contribution in [3.63, 3.8) is 0 Å². The molecule has 4 rings (SSSR count). The number of alkyl halides is 3. The van der Waals surface area contributed by atoms with E-state index in [1.807, 2.05) is 0 Å². The lowest BCUT2D eigenvalue weighted by molar-refractivity contribution is -0.126. The van der Waals surface area contributed by atoms with Crippen molar-refractivity contribution >= 4 is 27.8 Å². The van der Waals surface area contributed by atoms with E-state index in [-0.39, 0.29) is 23.7 Å². The molecule has 1 aliphatic carbocycles. The van der Waals surface area contributed by atoms with Gasteiger partial charge in [-0.3, -0.25) is 14.7 Å². The van der Waals surface area contributed by atoms with Gasteiger partial charge in [-0.2, -0.15) is 18.3 Å². The summed E-state index contributed by atoms with van der Waals surface area (Å²) in [5.41, 5.74) is 2.54. The van der Waals surface area contributed by atoms with Gasteiger partial charge < -0.3 is 5.32 Å². The minimum atomic E-state index is -4.23. The van der Waals surface area contributed by atoms with Crippen LogP contribution in [0.15, 0.2) is 36.4 Å². The van der Waals surface area contributed by atoms with Crippen molar-refractivity contribution in [3.8, 4) is 0 Å².